The van der Waals surface area contributed by atoms with Gasteiger partial charge < -0.3 is 19.5 Å². The fourth-order valence-electron chi connectivity index (χ4n) is 3.17. The second kappa shape index (κ2) is 9.40. The van der Waals surface area contributed by atoms with E-state index in [1.165, 1.54) is 12.0 Å². The third kappa shape index (κ3) is 4.65. The van der Waals surface area contributed by atoms with Crippen LogP contribution in [-0.4, -0.2) is 53.5 Å². The number of carbonyl (C=O) groups excluding carboxylic acids is 3. The molecule has 0 bridgehead atoms. The van der Waals surface area contributed by atoms with Gasteiger partial charge in [-0.05, 0) is 46.6 Å². The lowest BCUT2D eigenvalue weighted by molar-refractivity contribution is 0.0587. The normalized spacial score (nSPS) is 10.8. The van der Waals surface area contributed by atoms with Gasteiger partial charge in [-0.15, -0.1) is 0 Å². The number of hydrogen-bond acceptors (Lipinski definition) is 4. The van der Waals surface area contributed by atoms with E-state index in [4.69, 9.17) is 4.74 Å². The summed E-state index contributed by atoms with van der Waals surface area (Å²) >= 11 is 0. The van der Waals surface area contributed by atoms with E-state index in [1.54, 1.807) is 11.5 Å². The second-order valence-corrected chi connectivity index (χ2v) is 6.62. The number of nitrogens with one attached hydrogen (secondary N) is 1. The van der Waals surface area contributed by atoms with Crippen LogP contribution in [0.1, 0.15) is 66.2 Å². The monoisotopic (exact) mass is 365 g/mol. The van der Waals surface area contributed by atoms with Crippen molar-refractivity contribution in [1.82, 2.24) is 14.8 Å². The van der Waals surface area contributed by atoms with Gasteiger partial charge in [-0.25, -0.2) is 9.59 Å². The minimum atomic E-state index is -0.463. The Morgan fingerprint density at radius 3 is 2.27 bits per heavy atom. The maximum absolute atomic E-state index is 13.0. The van der Waals surface area contributed by atoms with Crippen molar-refractivity contribution in [1.29, 1.82) is 0 Å². The van der Waals surface area contributed by atoms with Crippen LogP contribution in [0.3, 0.4) is 0 Å². The Morgan fingerprint density at radius 2 is 1.81 bits per heavy atom. The number of aromatic nitrogens is 1. The number of nitrogens with zero attached hydrogens (tertiary/aromatic N) is 2. The number of urea groups is 1. The van der Waals surface area contributed by atoms with Crippen LogP contribution in [0, 0.1) is 13.8 Å². The molecule has 7 heteroatoms. The summed E-state index contributed by atoms with van der Waals surface area (Å²) in [5.41, 5.74) is 2.20. The number of carbonyl (C=O) groups is 3. The molecule has 0 aliphatic heterocycles. The highest BCUT2D eigenvalue weighted by Gasteiger charge is 2.28. The molecule has 0 atom stereocenters. The highest BCUT2D eigenvalue weighted by molar-refractivity contribution is 6.04. The fourth-order valence-corrected chi connectivity index (χ4v) is 3.17. The molecule has 0 spiro atoms. The molecule has 1 heterocycles. The van der Waals surface area contributed by atoms with E-state index in [0.717, 1.165) is 12.1 Å². The molecular weight excluding hydrogens is 334 g/mol. The largest absolute Gasteiger partial charge is 0.464 e. The summed E-state index contributed by atoms with van der Waals surface area (Å²) in [6.45, 7) is 12.2. The van der Waals surface area contributed by atoms with Crippen LogP contribution in [0.4, 0.5) is 4.79 Å². The molecule has 0 radical (unpaired) electrons. The standard InChI is InChI=1S/C19H31N3O4/c1-8-10-21(19(25)20-12(3)4)11-15(23)16-13(5)17(18(24)26-7)22(9-2)14(16)6/h12H,8-11H2,1-7H3,(H,20,25). The number of amides is 2. The molecule has 0 aromatic carbocycles. The molecule has 1 aromatic rings. The van der Waals surface area contributed by atoms with Gasteiger partial charge in [0, 0.05) is 30.4 Å². The molecule has 146 valence electrons. The Labute approximate surface area is 155 Å². The molecule has 0 saturated heterocycles. The minimum absolute atomic E-state index is 0.00691. The Kier molecular flexibility index (Phi) is 7.86. The molecule has 0 saturated carbocycles. The first-order chi connectivity index (χ1) is 12.2. The van der Waals surface area contributed by atoms with Crippen LogP contribution in [0.5, 0.6) is 0 Å². The van der Waals surface area contributed by atoms with Crippen molar-refractivity contribution in [3.63, 3.8) is 0 Å². The smallest absolute Gasteiger partial charge is 0.354 e. The lowest BCUT2D eigenvalue weighted by Gasteiger charge is -2.23. The highest BCUT2D eigenvalue weighted by Crippen LogP contribution is 2.24. The van der Waals surface area contributed by atoms with E-state index in [-0.39, 0.29) is 24.4 Å². The van der Waals surface area contributed by atoms with Crippen LogP contribution in [0.15, 0.2) is 0 Å². The molecular formula is C19H31N3O4. The Bertz CT molecular complexity index is 677. The van der Waals surface area contributed by atoms with Crippen molar-refractivity contribution >= 4 is 17.8 Å². The number of ketones is 1. The van der Waals surface area contributed by atoms with Crippen molar-refractivity contribution in [3.8, 4) is 0 Å². The van der Waals surface area contributed by atoms with Crippen LogP contribution in [-0.2, 0) is 11.3 Å². The molecule has 0 fully saturated rings. The summed E-state index contributed by atoms with van der Waals surface area (Å²) in [4.78, 5) is 39.0. The summed E-state index contributed by atoms with van der Waals surface area (Å²) in [5.74, 6) is -0.640. The molecule has 0 unspecified atom stereocenters. The third-order valence-corrected chi connectivity index (χ3v) is 4.27. The van der Waals surface area contributed by atoms with Gasteiger partial charge in [0.2, 0.25) is 0 Å². The molecule has 1 rings (SSSR count). The average molecular weight is 365 g/mol. The third-order valence-electron chi connectivity index (χ3n) is 4.27. The van der Waals surface area contributed by atoms with E-state index in [2.05, 4.69) is 5.32 Å². The van der Waals surface area contributed by atoms with Crippen LogP contribution >= 0.6 is 0 Å². The van der Waals surface area contributed by atoms with Crippen molar-refractivity contribution in [2.24, 2.45) is 0 Å². The van der Waals surface area contributed by atoms with E-state index in [9.17, 15) is 14.4 Å². The van der Waals surface area contributed by atoms with Crippen molar-refractivity contribution < 1.29 is 19.1 Å². The average Bonchev–Trinajstić information content (AvgIpc) is 2.82. The molecule has 26 heavy (non-hydrogen) atoms. The molecule has 7 nitrogen and oxygen atoms in total. The molecule has 1 aromatic heterocycles. The van der Waals surface area contributed by atoms with Gasteiger partial charge in [0.1, 0.15) is 5.69 Å². The summed E-state index contributed by atoms with van der Waals surface area (Å²) in [6.07, 6.45) is 0.750. The molecule has 0 aliphatic rings. The summed E-state index contributed by atoms with van der Waals surface area (Å²) < 4.78 is 6.65. The summed E-state index contributed by atoms with van der Waals surface area (Å²) in [6, 6.07) is -0.263. The van der Waals surface area contributed by atoms with E-state index in [0.29, 0.717) is 29.9 Å². The molecule has 0 aliphatic carbocycles. The van der Waals surface area contributed by atoms with E-state index >= 15 is 0 Å². The van der Waals surface area contributed by atoms with Crippen molar-refractivity contribution in [3.05, 3.63) is 22.5 Å². The van der Waals surface area contributed by atoms with Gasteiger partial charge in [-0.1, -0.05) is 6.92 Å². The number of ether oxygens (including phenoxy) is 1. The topological polar surface area (TPSA) is 80.6 Å². The first kappa shape index (κ1) is 21.7. The van der Waals surface area contributed by atoms with Gasteiger partial charge in [0.05, 0.1) is 13.7 Å². The maximum Gasteiger partial charge on any atom is 0.354 e. The predicted molar refractivity (Wildman–Crippen MR) is 101 cm³/mol. The van der Waals surface area contributed by atoms with E-state index < -0.39 is 5.97 Å². The predicted octanol–water partition coefficient (Wildman–Crippen LogP) is 2.92. The van der Waals surface area contributed by atoms with Gasteiger partial charge in [0.15, 0.2) is 5.78 Å². The first-order valence-corrected chi connectivity index (χ1v) is 9.06. The second-order valence-electron chi connectivity index (χ2n) is 6.62. The van der Waals surface area contributed by atoms with Crippen LogP contribution < -0.4 is 5.32 Å². The SMILES string of the molecule is CCCN(CC(=O)c1c(C)c(C(=O)OC)n(CC)c1C)C(=O)NC(C)C. The van der Waals surface area contributed by atoms with Crippen molar-refractivity contribution in [2.75, 3.05) is 20.2 Å². The van der Waals surface area contributed by atoms with Gasteiger partial charge in [0.25, 0.3) is 0 Å². The van der Waals surface area contributed by atoms with Crippen LogP contribution in [0.2, 0.25) is 0 Å². The zero-order chi connectivity index (χ0) is 20.0. The van der Waals surface area contributed by atoms with Crippen LogP contribution in [0.25, 0.3) is 0 Å². The maximum atomic E-state index is 13.0. The molecule has 2 amide bonds. The first-order valence-electron chi connectivity index (χ1n) is 9.06. The Balaban J connectivity index is 3.21. The van der Waals surface area contributed by atoms with Gasteiger partial charge in [-0.2, -0.15) is 0 Å². The number of esters is 1. The van der Waals surface area contributed by atoms with E-state index in [1.807, 2.05) is 34.6 Å². The quantitative estimate of drug-likeness (QED) is 0.567. The number of Topliss-reactive ketones (excluding diaryl/α,β-unsaturated/α-hetero) is 1. The molecule has 1 N–H and O–H groups in total. The number of hydrogen-bond donors (Lipinski definition) is 1. The Hall–Kier alpha value is -2.31. The minimum Gasteiger partial charge on any atom is -0.464 e. The lowest BCUT2D eigenvalue weighted by atomic mass is 10.1. The van der Waals surface area contributed by atoms with Gasteiger partial charge >= 0.3 is 12.0 Å². The van der Waals surface area contributed by atoms with Gasteiger partial charge in [-0.3, -0.25) is 4.79 Å². The Morgan fingerprint density at radius 1 is 1.19 bits per heavy atom. The summed E-state index contributed by atoms with van der Waals surface area (Å²) in [7, 11) is 1.32. The summed E-state index contributed by atoms with van der Waals surface area (Å²) in [5, 5.41) is 2.82. The zero-order valence-corrected chi connectivity index (χ0v) is 16.9. The number of methoxy groups -OCH3 is 1. The van der Waals surface area contributed by atoms with Crippen molar-refractivity contribution in [2.45, 2.75) is 60.5 Å². The fraction of sp³-hybridized carbons (Fsp3) is 0.632. The lowest BCUT2D eigenvalue weighted by Crippen LogP contribution is -2.45. The zero-order valence-electron chi connectivity index (χ0n) is 16.9. The highest BCUT2D eigenvalue weighted by atomic mass is 16.5. The number of rotatable bonds is 8.